The summed E-state index contributed by atoms with van der Waals surface area (Å²) in [6.45, 7) is 3.68. The lowest BCUT2D eigenvalue weighted by atomic mass is 9.90. The molecule has 3 aromatic rings. The first kappa shape index (κ1) is 20.0. The number of fused-ring (bicyclic) bond motifs is 3. The van der Waals surface area contributed by atoms with E-state index < -0.39 is 0 Å². The lowest BCUT2D eigenvalue weighted by Crippen LogP contribution is -2.33. The molecule has 168 valence electrons. The van der Waals surface area contributed by atoms with Gasteiger partial charge in [0.15, 0.2) is 34.8 Å². The first-order chi connectivity index (χ1) is 16.2. The Hall–Kier alpha value is -3.67. The highest BCUT2D eigenvalue weighted by molar-refractivity contribution is 6.01. The van der Waals surface area contributed by atoms with Crippen LogP contribution in [0.15, 0.2) is 54.6 Å². The Morgan fingerprint density at radius 1 is 0.909 bits per heavy atom. The molecule has 0 aliphatic carbocycles. The first-order valence-corrected chi connectivity index (χ1v) is 11.3. The third-order valence-corrected chi connectivity index (χ3v) is 6.76. The van der Waals surface area contributed by atoms with E-state index in [4.69, 9.17) is 23.7 Å². The van der Waals surface area contributed by atoms with Crippen molar-refractivity contribution in [3.63, 3.8) is 0 Å². The van der Waals surface area contributed by atoms with Crippen molar-refractivity contribution < 1.29 is 28.3 Å². The van der Waals surface area contributed by atoms with Crippen molar-refractivity contribution in [2.24, 2.45) is 0 Å². The minimum absolute atomic E-state index is 0.217. The van der Waals surface area contributed by atoms with Crippen LogP contribution in [-0.2, 0) is 12.8 Å². The standard InChI is InChI=1S/C27H26NO5/c1-17(18-6-4-3-5-7-18)28-11-10-19-13-24-25(32-15-31-24)14-21(19)22(28)12-20-8-9-23-27(26(20)29-2)33-16-30-23/h3-9,13-14,17H,10-12,15-16H2,1-2H3/q+1/t17-/m1/s1. The van der Waals surface area contributed by atoms with E-state index in [2.05, 4.69) is 60.0 Å². The van der Waals surface area contributed by atoms with Crippen molar-refractivity contribution in [1.82, 2.24) is 0 Å². The van der Waals surface area contributed by atoms with Gasteiger partial charge in [-0.1, -0.05) is 36.4 Å². The van der Waals surface area contributed by atoms with E-state index in [-0.39, 0.29) is 19.6 Å². The third kappa shape index (κ3) is 3.37. The zero-order chi connectivity index (χ0) is 22.4. The third-order valence-electron chi connectivity index (χ3n) is 6.76. The Balaban J connectivity index is 1.50. The van der Waals surface area contributed by atoms with Crippen molar-refractivity contribution in [1.29, 1.82) is 0 Å². The molecule has 0 amide bonds. The second-order valence-electron chi connectivity index (χ2n) is 8.51. The highest BCUT2D eigenvalue weighted by Crippen LogP contribution is 2.44. The number of nitrogens with zero attached hydrogens (tertiary/aromatic N) is 1. The summed E-state index contributed by atoms with van der Waals surface area (Å²) in [4.78, 5) is 0. The Kier molecular flexibility index (Phi) is 4.86. The minimum Gasteiger partial charge on any atom is -0.492 e. The monoisotopic (exact) mass is 444 g/mol. The molecule has 6 heteroatoms. The van der Waals surface area contributed by atoms with E-state index in [1.54, 1.807) is 7.11 Å². The van der Waals surface area contributed by atoms with Crippen molar-refractivity contribution in [2.45, 2.75) is 25.8 Å². The second-order valence-corrected chi connectivity index (χ2v) is 8.51. The molecule has 3 aliphatic heterocycles. The molecular formula is C27H26NO5+. The molecule has 0 N–H and O–H groups in total. The number of hydrogen-bond acceptors (Lipinski definition) is 5. The van der Waals surface area contributed by atoms with Crippen molar-refractivity contribution in [2.75, 3.05) is 27.2 Å². The molecule has 33 heavy (non-hydrogen) atoms. The molecule has 0 saturated heterocycles. The van der Waals surface area contributed by atoms with E-state index in [0.717, 1.165) is 41.5 Å². The molecule has 1 atom stereocenters. The Morgan fingerprint density at radius 2 is 1.67 bits per heavy atom. The summed E-state index contributed by atoms with van der Waals surface area (Å²) >= 11 is 0. The molecule has 0 radical (unpaired) electrons. The second kappa shape index (κ2) is 8.03. The Bertz CT molecular complexity index is 1250. The molecule has 0 unspecified atom stereocenters. The normalized spacial score (nSPS) is 16.5. The topological polar surface area (TPSA) is 49.2 Å². The molecular weight excluding hydrogens is 418 g/mol. The van der Waals surface area contributed by atoms with Crippen LogP contribution in [-0.4, -0.2) is 37.5 Å². The van der Waals surface area contributed by atoms with Crippen molar-refractivity contribution in [3.8, 4) is 28.7 Å². The number of ether oxygens (including phenoxy) is 5. The Labute approximate surface area is 192 Å². The van der Waals surface area contributed by atoms with Gasteiger partial charge in [-0.25, -0.2) is 4.58 Å². The van der Waals surface area contributed by atoms with Crippen LogP contribution >= 0.6 is 0 Å². The Morgan fingerprint density at radius 3 is 2.48 bits per heavy atom. The van der Waals surface area contributed by atoms with Gasteiger partial charge in [0.25, 0.3) is 0 Å². The fourth-order valence-corrected chi connectivity index (χ4v) is 5.06. The average molecular weight is 445 g/mol. The van der Waals surface area contributed by atoms with Gasteiger partial charge in [-0.05, 0) is 23.8 Å². The summed E-state index contributed by atoms with van der Waals surface area (Å²) < 4.78 is 31.0. The van der Waals surface area contributed by atoms with E-state index in [1.807, 2.05) is 6.07 Å². The van der Waals surface area contributed by atoms with E-state index in [9.17, 15) is 0 Å². The highest BCUT2D eigenvalue weighted by Gasteiger charge is 2.34. The van der Waals surface area contributed by atoms with Crippen LogP contribution in [0, 0.1) is 0 Å². The van der Waals surface area contributed by atoms with Crippen LogP contribution in [0.1, 0.15) is 35.2 Å². The number of hydrogen-bond donors (Lipinski definition) is 0. The van der Waals surface area contributed by atoms with Crippen LogP contribution < -0.4 is 23.7 Å². The molecule has 0 aromatic heterocycles. The highest BCUT2D eigenvalue weighted by atomic mass is 16.7. The van der Waals surface area contributed by atoms with E-state index >= 15 is 0 Å². The molecule has 0 fully saturated rings. The quantitative estimate of drug-likeness (QED) is 0.542. The van der Waals surface area contributed by atoms with Gasteiger partial charge in [0, 0.05) is 30.0 Å². The molecule has 0 spiro atoms. The van der Waals surface area contributed by atoms with Crippen LogP contribution in [0.4, 0.5) is 0 Å². The van der Waals surface area contributed by atoms with Crippen molar-refractivity contribution >= 4 is 5.71 Å². The van der Waals surface area contributed by atoms with Gasteiger partial charge in [-0.2, -0.15) is 0 Å². The minimum atomic E-state index is 0.217. The van der Waals surface area contributed by atoms with Gasteiger partial charge in [0.05, 0.1) is 13.5 Å². The lowest BCUT2D eigenvalue weighted by Gasteiger charge is -2.23. The summed E-state index contributed by atoms with van der Waals surface area (Å²) in [5.41, 5.74) is 6.07. The van der Waals surface area contributed by atoms with Gasteiger partial charge < -0.3 is 23.7 Å². The fourth-order valence-electron chi connectivity index (χ4n) is 5.06. The predicted octanol–water partition coefficient (Wildman–Crippen LogP) is 4.51. The maximum atomic E-state index is 5.79. The van der Waals surface area contributed by atoms with E-state index in [1.165, 1.54) is 22.4 Å². The zero-order valence-electron chi connectivity index (χ0n) is 18.8. The summed E-state index contributed by atoms with van der Waals surface area (Å²) in [5, 5.41) is 0. The van der Waals surface area contributed by atoms with Gasteiger partial charge >= 0.3 is 0 Å². The molecule has 0 saturated carbocycles. The van der Waals surface area contributed by atoms with Crippen LogP contribution in [0.3, 0.4) is 0 Å². The molecule has 3 aliphatic rings. The zero-order valence-corrected chi connectivity index (χ0v) is 18.8. The average Bonchev–Trinajstić information content (AvgIpc) is 3.52. The van der Waals surface area contributed by atoms with Crippen molar-refractivity contribution in [3.05, 3.63) is 76.9 Å². The molecule has 6 nitrogen and oxygen atoms in total. The number of rotatable bonds is 5. The van der Waals surface area contributed by atoms with Gasteiger partial charge in [-0.3, -0.25) is 0 Å². The van der Waals surface area contributed by atoms with Gasteiger partial charge in [-0.15, -0.1) is 0 Å². The molecule has 6 rings (SSSR count). The summed E-state index contributed by atoms with van der Waals surface area (Å²) in [7, 11) is 1.68. The first-order valence-electron chi connectivity index (χ1n) is 11.3. The molecule has 3 heterocycles. The maximum absolute atomic E-state index is 5.79. The maximum Gasteiger partial charge on any atom is 0.231 e. The van der Waals surface area contributed by atoms with Crippen LogP contribution in [0.25, 0.3) is 0 Å². The fraction of sp³-hybridized carbons (Fsp3) is 0.296. The summed E-state index contributed by atoms with van der Waals surface area (Å²) in [5.74, 6) is 3.77. The van der Waals surface area contributed by atoms with Crippen LogP contribution in [0.5, 0.6) is 28.7 Å². The van der Waals surface area contributed by atoms with Crippen LogP contribution in [0.2, 0.25) is 0 Å². The predicted molar refractivity (Wildman–Crippen MR) is 123 cm³/mol. The lowest BCUT2D eigenvalue weighted by molar-refractivity contribution is -0.570. The number of methoxy groups -OCH3 is 1. The summed E-state index contributed by atoms with van der Waals surface area (Å²) in [6, 6.07) is 19.2. The SMILES string of the molecule is COc1c(CC2=[N+]([C@H](C)c3ccccc3)CCc3cc4c(cc32)OCO4)ccc2c1OCO2. The number of benzene rings is 3. The van der Waals surface area contributed by atoms with Gasteiger partial charge in [0.2, 0.25) is 19.3 Å². The van der Waals surface area contributed by atoms with E-state index in [0.29, 0.717) is 12.2 Å². The molecule has 3 aromatic carbocycles. The molecule has 0 bridgehead atoms. The largest absolute Gasteiger partial charge is 0.492 e. The van der Waals surface area contributed by atoms with Gasteiger partial charge in [0.1, 0.15) is 6.54 Å². The summed E-state index contributed by atoms with van der Waals surface area (Å²) in [6.07, 6.45) is 1.65. The smallest absolute Gasteiger partial charge is 0.231 e.